The predicted molar refractivity (Wildman–Crippen MR) is 72.3 cm³/mol. The van der Waals surface area contributed by atoms with Gasteiger partial charge in [-0.25, -0.2) is 4.98 Å². The minimum atomic E-state index is 0.457. The van der Waals surface area contributed by atoms with E-state index in [1.165, 1.54) is 0 Å². The van der Waals surface area contributed by atoms with Gasteiger partial charge in [0.15, 0.2) is 5.82 Å². The lowest BCUT2D eigenvalue weighted by molar-refractivity contribution is 0.337. The molecule has 2 N–H and O–H groups in total. The Balaban J connectivity index is 2.28. The van der Waals surface area contributed by atoms with Gasteiger partial charge in [-0.05, 0) is 46.0 Å². The summed E-state index contributed by atoms with van der Waals surface area (Å²) in [5.74, 6) is 0.952. The molecule has 2 rings (SSSR count). The predicted octanol–water partition coefficient (Wildman–Crippen LogP) is 1.50. The highest BCUT2D eigenvalue weighted by Crippen LogP contribution is 2.24. The maximum Gasteiger partial charge on any atom is 0.152 e. The lowest BCUT2D eigenvalue weighted by Crippen LogP contribution is -2.38. The molecule has 1 aliphatic rings. The summed E-state index contributed by atoms with van der Waals surface area (Å²) in [7, 11) is 2.17. The topological polar surface area (TPSA) is 45.4 Å². The monoisotopic (exact) mass is 234 g/mol. The molecular weight excluding hydrogens is 212 g/mol. The van der Waals surface area contributed by atoms with Crippen LogP contribution in [-0.4, -0.2) is 42.6 Å². The summed E-state index contributed by atoms with van der Waals surface area (Å²) in [5, 5.41) is 0. The van der Waals surface area contributed by atoms with Gasteiger partial charge in [0.1, 0.15) is 0 Å². The zero-order chi connectivity index (χ0) is 12.4. The van der Waals surface area contributed by atoms with Crippen molar-refractivity contribution in [2.24, 2.45) is 0 Å². The van der Waals surface area contributed by atoms with Gasteiger partial charge in [0.25, 0.3) is 0 Å². The largest absolute Gasteiger partial charge is 0.396 e. The van der Waals surface area contributed by atoms with Crippen molar-refractivity contribution in [2.75, 3.05) is 37.3 Å². The fourth-order valence-electron chi connectivity index (χ4n) is 2.47. The Morgan fingerprint density at radius 3 is 2.88 bits per heavy atom. The number of pyridine rings is 1. The molecule has 0 aromatic carbocycles. The number of rotatable bonds is 1. The van der Waals surface area contributed by atoms with E-state index in [1.807, 2.05) is 19.1 Å². The Labute approximate surface area is 103 Å². The summed E-state index contributed by atoms with van der Waals surface area (Å²) in [6.07, 6.45) is 1.16. The van der Waals surface area contributed by atoms with Crippen LogP contribution in [-0.2, 0) is 0 Å². The SMILES string of the molecule is Cc1ccc(N)c(N2CCCN(C)CC2C)n1. The van der Waals surface area contributed by atoms with Gasteiger partial charge in [-0.2, -0.15) is 0 Å². The van der Waals surface area contributed by atoms with Gasteiger partial charge in [0, 0.05) is 24.8 Å². The van der Waals surface area contributed by atoms with Crippen molar-refractivity contribution < 1.29 is 0 Å². The lowest BCUT2D eigenvalue weighted by Gasteiger charge is -2.30. The van der Waals surface area contributed by atoms with Crippen LogP contribution in [0.15, 0.2) is 12.1 Å². The first-order chi connectivity index (χ1) is 8.08. The number of nitrogens with two attached hydrogens (primary N) is 1. The van der Waals surface area contributed by atoms with E-state index >= 15 is 0 Å². The molecule has 0 amide bonds. The molecule has 1 unspecified atom stereocenters. The molecule has 1 aromatic heterocycles. The molecule has 0 radical (unpaired) electrons. The summed E-state index contributed by atoms with van der Waals surface area (Å²) in [5.41, 5.74) is 7.86. The molecule has 94 valence electrons. The van der Waals surface area contributed by atoms with Crippen LogP contribution in [0.4, 0.5) is 11.5 Å². The van der Waals surface area contributed by atoms with Gasteiger partial charge in [-0.15, -0.1) is 0 Å². The van der Waals surface area contributed by atoms with Gasteiger partial charge >= 0.3 is 0 Å². The molecule has 4 nitrogen and oxygen atoms in total. The maximum absolute atomic E-state index is 6.05. The minimum Gasteiger partial charge on any atom is -0.396 e. The molecule has 0 bridgehead atoms. The first-order valence-corrected chi connectivity index (χ1v) is 6.26. The molecule has 1 aliphatic heterocycles. The van der Waals surface area contributed by atoms with Crippen LogP contribution in [0.2, 0.25) is 0 Å². The number of likely N-dealkylation sites (N-methyl/N-ethyl adjacent to an activating group) is 1. The van der Waals surface area contributed by atoms with Gasteiger partial charge in [-0.1, -0.05) is 0 Å². The highest BCUT2D eigenvalue weighted by molar-refractivity contribution is 5.63. The van der Waals surface area contributed by atoms with Crippen molar-refractivity contribution >= 4 is 11.5 Å². The fourth-order valence-corrected chi connectivity index (χ4v) is 2.47. The number of nitrogen functional groups attached to an aromatic ring is 1. The fraction of sp³-hybridized carbons (Fsp3) is 0.615. The normalized spacial score (nSPS) is 22.5. The maximum atomic E-state index is 6.05. The second-order valence-electron chi connectivity index (χ2n) is 5.02. The van der Waals surface area contributed by atoms with Crippen LogP contribution in [0.1, 0.15) is 19.0 Å². The third-order valence-corrected chi connectivity index (χ3v) is 3.36. The Kier molecular flexibility index (Phi) is 3.52. The van der Waals surface area contributed by atoms with Crippen molar-refractivity contribution in [3.05, 3.63) is 17.8 Å². The second-order valence-corrected chi connectivity index (χ2v) is 5.02. The van der Waals surface area contributed by atoms with E-state index in [0.717, 1.165) is 43.3 Å². The molecule has 1 fully saturated rings. The minimum absolute atomic E-state index is 0.457. The third kappa shape index (κ3) is 2.69. The molecule has 2 heterocycles. The van der Waals surface area contributed by atoms with Crippen LogP contribution in [0.25, 0.3) is 0 Å². The Hall–Kier alpha value is -1.29. The zero-order valence-electron chi connectivity index (χ0n) is 11.0. The first-order valence-electron chi connectivity index (χ1n) is 6.26. The number of hydrogen-bond acceptors (Lipinski definition) is 4. The van der Waals surface area contributed by atoms with Gasteiger partial charge < -0.3 is 15.5 Å². The van der Waals surface area contributed by atoms with Gasteiger partial charge in [0.05, 0.1) is 5.69 Å². The first kappa shape index (κ1) is 12.2. The van der Waals surface area contributed by atoms with Gasteiger partial charge in [-0.3, -0.25) is 0 Å². The lowest BCUT2D eigenvalue weighted by atomic mass is 10.2. The van der Waals surface area contributed by atoms with Crippen molar-refractivity contribution in [1.82, 2.24) is 9.88 Å². The Morgan fingerprint density at radius 1 is 1.35 bits per heavy atom. The number of hydrogen-bond donors (Lipinski definition) is 1. The summed E-state index contributed by atoms with van der Waals surface area (Å²) >= 11 is 0. The average molecular weight is 234 g/mol. The molecule has 0 spiro atoms. The number of anilines is 2. The molecule has 1 saturated heterocycles. The van der Waals surface area contributed by atoms with Crippen LogP contribution in [0.3, 0.4) is 0 Å². The quantitative estimate of drug-likeness (QED) is 0.800. The molecule has 17 heavy (non-hydrogen) atoms. The summed E-state index contributed by atoms with van der Waals surface area (Å²) in [6.45, 7) is 7.50. The molecular formula is C13H22N4. The third-order valence-electron chi connectivity index (χ3n) is 3.36. The van der Waals surface area contributed by atoms with E-state index in [2.05, 4.69) is 28.8 Å². The molecule has 0 aliphatic carbocycles. The van der Waals surface area contributed by atoms with E-state index in [0.29, 0.717) is 6.04 Å². The summed E-state index contributed by atoms with van der Waals surface area (Å²) < 4.78 is 0. The molecule has 4 heteroatoms. The average Bonchev–Trinajstić information content (AvgIpc) is 2.43. The standard InChI is InChI=1S/C13H22N4/c1-10-5-6-12(14)13(15-10)17-8-4-7-16(3)9-11(17)2/h5-6,11H,4,7-9,14H2,1-3H3. The Morgan fingerprint density at radius 2 is 2.12 bits per heavy atom. The van der Waals surface area contributed by atoms with Crippen LogP contribution < -0.4 is 10.6 Å². The summed E-state index contributed by atoms with van der Waals surface area (Å²) in [4.78, 5) is 9.31. The van der Waals surface area contributed by atoms with Crippen molar-refractivity contribution in [2.45, 2.75) is 26.3 Å². The molecule has 1 aromatic rings. The van der Waals surface area contributed by atoms with Crippen LogP contribution in [0, 0.1) is 6.92 Å². The Bertz CT molecular complexity index is 391. The molecule has 1 atom stereocenters. The van der Waals surface area contributed by atoms with E-state index in [9.17, 15) is 0 Å². The number of nitrogens with zero attached hydrogens (tertiary/aromatic N) is 3. The van der Waals surface area contributed by atoms with Crippen molar-refractivity contribution in [3.63, 3.8) is 0 Å². The smallest absolute Gasteiger partial charge is 0.152 e. The van der Waals surface area contributed by atoms with E-state index in [-0.39, 0.29) is 0 Å². The number of aryl methyl sites for hydroxylation is 1. The van der Waals surface area contributed by atoms with Crippen LogP contribution >= 0.6 is 0 Å². The van der Waals surface area contributed by atoms with E-state index in [4.69, 9.17) is 5.73 Å². The van der Waals surface area contributed by atoms with E-state index in [1.54, 1.807) is 0 Å². The van der Waals surface area contributed by atoms with Crippen molar-refractivity contribution in [1.29, 1.82) is 0 Å². The second kappa shape index (κ2) is 4.92. The van der Waals surface area contributed by atoms with Gasteiger partial charge in [0.2, 0.25) is 0 Å². The van der Waals surface area contributed by atoms with E-state index < -0.39 is 0 Å². The van der Waals surface area contributed by atoms with Crippen molar-refractivity contribution in [3.8, 4) is 0 Å². The highest BCUT2D eigenvalue weighted by atomic mass is 15.3. The van der Waals surface area contributed by atoms with Crippen LogP contribution in [0.5, 0.6) is 0 Å². The summed E-state index contributed by atoms with van der Waals surface area (Å²) in [6, 6.07) is 4.38. The highest BCUT2D eigenvalue weighted by Gasteiger charge is 2.22. The number of aromatic nitrogens is 1. The zero-order valence-corrected chi connectivity index (χ0v) is 11.0. The molecule has 0 saturated carbocycles.